The molecule has 8 atom stereocenters. The zero-order chi connectivity index (χ0) is 33.0. The van der Waals surface area contributed by atoms with Crippen LogP contribution in [0, 0.1) is 28.6 Å². The number of carbonyl (C=O) groups is 2. The van der Waals surface area contributed by atoms with Crippen molar-refractivity contribution in [3.63, 3.8) is 0 Å². The SMILES string of the molecule is COc1ccccc1C(=O)O[C@H]1CC2C(C)(COC(C)=O)[C@@H](C)CC[C@]2(C)C2[C@@H](O)c3c(cc(-c4cccnc4)oc3=O)O[C@@]21C. The van der Waals surface area contributed by atoms with Crippen molar-refractivity contribution in [2.75, 3.05) is 13.7 Å². The Balaban J connectivity index is 1.50. The maximum absolute atomic E-state index is 13.8. The Hall–Kier alpha value is -4.18. The van der Waals surface area contributed by atoms with Gasteiger partial charge in [0.2, 0.25) is 0 Å². The van der Waals surface area contributed by atoms with E-state index in [9.17, 15) is 19.5 Å². The van der Waals surface area contributed by atoms with E-state index in [1.807, 2.05) is 6.92 Å². The van der Waals surface area contributed by atoms with E-state index in [2.05, 4.69) is 25.8 Å². The van der Waals surface area contributed by atoms with Gasteiger partial charge >= 0.3 is 17.6 Å². The number of aromatic nitrogens is 1. The fourth-order valence-corrected chi connectivity index (χ4v) is 8.70. The quantitative estimate of drug-likeness (QED) is 0.335. The lowest BCUT2D eigenvalue weighted by molar-refractivity contribution is -0.257. The maximum Gasteiger partial charge on any atom is 0.345 e. The third kappa shape index (κ3) is 4.98. The fraction of sp³-hybridized carbons (Fsp3) is 0.500. The highest BCUT2D eigenvalue weighted by Crippen LogP contribution is 2.68. The highest BCUT2D eigenvalue weighted by atomic mass is 16.6. The van der Waals surface area contributed by atoms with Gasteiger partial charge in [-0.3, -0.25) is 9.78 Å². The lowest BCUT2D eigenvalue weighted by atomic mass is 9.41. The monoisotopic (exact) mass is 631 g/mol. The molecule has 1 aliphatic heterocycles. The largest absolute Gasteiger partial charge is 0.496 e. The van der Waals surface area contributed by atoms with Crippen LogP contribution in [0.15, 0.2) is 64.1 Å². The van der Waals surface area contributed by atoms with Crippen molar-refractivity contribution in [1.82, 2.24) is 4.98 Å². The van der Waals surface area contributed by atoms with Gasteiger partial charge in [-0.1, -0.05) is 32.9 Å². The van der Waals surface area contributed by atoms with Crippen molar-refractivity contribution >= 4 is 11.9 Å². The zero-order valence-electron chi connectivity index (χ0n) is 27.1. The fourth-order valence-electron chi connectivity index (χ4n) is 8.70. The Morgan fingerprint density at radius 1 is 1.13 bits per heavy atom. The molecule has 10 heteroatoms. The van der Waals surface area contributed by atoms with Crippen LogP contribution in [0.3, 0.4) is 0 Å². The molecule has 46 heavy (non-hydrogen) atoms. The summed E-state index contributed by atoms with van der Waals surface area (Å²) in [5.74, 6) is -0.893. The van der Waals surface area contributed by atoms with Crippen LogP contribution in [-0.2, 0) is 14.3 Å². The molecule has 244 valence electrons. The van der Waals surface area contributed by atoms with Gasteiger partial charge in [-0.2, -0.15) is 0 Å². The van der Waals surface area contributed by atoms with Crippen LogP contribution in [0.5, 0.6) is 11.5 Å². The van der Waals surface area contributed by atoms with E-state index in [0.717, 1.165) is 12.8 Å². The number of fused-ring (bicyclic) bond motifs is 4. The van der Waals surface area contributed by atoms with Gasteiger partial charge in [0.25, 0.3) is 0 Å². The average Bonchev–Trinajstić information content (AvgIpc) is 3.03. The molecule has 0 bridgehead atoms. The van der Waals surface area contributed by atoms with Crippen molar-refractivity contribution in [2.24, 2.45) is 28.6 Å². The Morgan fingerprint density at radius 3 is 2.59 bits per heavy atom. The van der Waals surface area contributed by atoms with Gasteiger partial charge in [0, 0.05) is 42.3 Å². The molecule has 0 spiro atoms. The standard InChI is InChI=1S/C36H41NO9/c1-20-13-14-34(3)27(35(20,4)19-43-21(2)38)17-28(45-32(40)23-11-7-8-12-24(23)42-6)36(5)31(34)30(39)29-26(46-36)16-25(44-33(29)41)22-10-9-15-37-18-22/h7-12,15-16,18,20,27-28,30-31,39H,13-14,17,19H2,1-6H3/t20-,27?,28-,30-,31?,34-,35?,36+/m0/s1. The van der Waals surface area contributed by atoms with Gasteiger partial charge in [-0.15, -0.1) is 0 Å². The van der Waals surface area contributed by atoms with Gasteiger partial charge in [0.05, 0.1) is 19.8 Å². The zero-order valence-corrected chi connectivity index (χ0v) is 27.1. The topological polar surface area (TPSA) is 134 Å². The molecule has 3 heterocycles. The lowest BCUT2D eigenvalue weighted by Crippen LogP contribution is -2.70. The predicted molar refractivity (Wildman–Crippen MR) is 167 cm³/mol. The van der Waals surface area contributed by atoms with Gasteiger partial charge < -0.3 is 28.5 Å². The van der Waals surface area contributed by atoms with Crippen LogP contribution in [0.4, 0.5) is 0 Å². The summed E-state index contributed by atoms with van der Waals surface area (Å²) in [6, 6.07) is 11.9. The van der Waals surface area contributed by atoms with Crippen LogP contribution in [0.25, 0.3) is 11.3 Å². The first-order valence-corrected chi connectivity index (χ1v) is 15.8. The second-order valence-electron chi connectivity index (χ2n) is 13.7. The Morgan fingerprint density at radius 2 is 1.89 bits per heavy atom. The number of methoxy groups -OCH3 is 1. The first-order valence-electron chi connectivity index (χ1n) is 15.8. The molecule has 2 saturated carbocycles. The number of para-hydroxylation sites is 1. The molecule has 3 aliphatic rings. The van der Waals surface area contributed by atoms with Crippen LogP contribution >= 0.6 is 0 Å². The van der Waals surface area contributed by atoms with E-state index in [1.165, 1.54) is 14.0 Å². The van der Waals surface area contributed by atoms with E-state index in [0.29, 0.717) is 17.7 Å². The first kappa shape index (κ1) is 31.8. The third-order valence-corrected chi connectivity index (χ3v) is 11.3. The van der Waals surface area contributed by atoms with Gasteiger partial charge in [0.15, 0.2) is 0 Å². The van der Waals surface area contributed by atoms with Crippen LogP contribution < -0.4 is 15.1 Å². The number of benzene rings is 1. The van der Waals surface area contributed by atoms with E-state index >= 15 is 0 Å². The summed E-state index contributed by atoms with van der Waals surface area (Å²) in [5.41, 5.74) is -2.21. The molecular formula is C36H41NO9. The number of carbonyl (C=O) groups excluding carboxylic acids is 2. The van der Waals surface area contributed by atoms with Crippen molar-refractivity contribution in [2.45, 2.75) is 71.7 Å². The van der Waals surface area contributed by atoms with E-state index in [-0.39, 0.29) is 47.0 Å². The van der Waals surface area contributed by atoms with Crippen LogP contribution in [-0.4, -0.2) is 47.5 Å². The van der Waals surface area contributed by atoms with Gasteiger partial charge in [-0.05, 0) is 67.7 Å². The minimum absolute atomic E-state index is 0.0344. The number of hydrogen-bond acceptors (Lipinski definition) is 10. The summed E-state index contributed by atoms with van der Waals surface area (Å²) in [6.45, 7) is 9.77. The van der Waals surface area contributed by atoms with Crippen LogP contribution in [0.2, 0.25) is 0 Å². The van der Waals surface area contributed by atoms with Crippen molar-refractivity contribution in [3.05, 3.63) is 76.4 Å². The molecule has 2 fully saturated rings. The van der Waals surface area contributed by atoms with Crippen molar-refractivity contribution in [3.8, 4) is 22.8 Å². The number of aliphatic hydroxyl groups excluding tert-OH is 1. The Labute approximate surface area is 268 Å². The third-order valence-electron chi connectivity index (χ3n) is 11.3. The van der Waals surface area contributed by atoms with Gasteiger partial charge in [-0.25, -0.2) is 9.59 Å². The molecule has 0 amide bonds. The number of pyridine rings is 1. The Kier molecular flexibility index (Phi) is 7.99. The number of esters is 2. The summed E-state index contributed by atoms with van der Waals surface area (Å²) >= 11 is 0. The molecule has 10 nitrogen and oxygen atoms in total. The number of aliphatic hydroxyl groups is 1. The molecule has 3 aromatic rings. The lowest BCUT2D eigenvalue weighted by Gasteiger charge is -2.66. The average molecular weight is 632 g/mol. The van der Waals surface area contributed by atoms with E-state index < -0.39 is 46.2 Å². The summed E-state index contributed by atoms with van der Waals surface area (Å²) in [5, 5.41) is 12.3. The molecule has 2 aliphatic carbocycles. The summed E-state index contributed by atoms with van der Waals surface area (Å²) in [6.07, 6.45) is 2.95. The minimum atomic E-state index is -1.29. The smallest absolute Gasteiger partial charge is 0.345 e. The molecule has 1 aromatic carbocycles. The highest BCUT2D eigenvalue weighted by Gasteiger charge is 2.70. The second kappa shape index (κ2) is 11.6. The number of nitrogens with zero attached hydrogens (tertiary/aromatic N) is 1. The number of ether oxygens (including phenoxy) is 4. The Bertz CT molecular complexity index is 1700. The number of rotatable bonds is 6. The summed E-state index contributed by atoms with van der Waals surface area (Å²) in [4.78, 5) is 43.6. The van der Waals surface area contributed by atoms with Crippen molar-refractivity contribution < 1.29 is 38.1 Å². The molecule has 0 saturated heterocycles. The normalized spacial score (nSPS) is 33.0. The molecule has 2 aromatic heterocycles. The molecule has 6 rings (SSSR count). The summed E-state index contributed by atoms with van der Waals surface area (Å²) in [7, 11) is 1.49. The molecule has 0 radical (unpaired) electrons. The molecular weight excluding hydrogens is 590 g/mol. The molecule has 1 N–H and O–H groups in total. The predicted octanol–water partition coefficient (Wildman–Crippen LogP) is 5.76. The minimum Gasteiger partial charge on any atom is -0.496 e. The van der Waals surface area contributed by atoms with Crippen LogP contribution in [0.1, 0.15) is 75.9 Å². The van der Waals surface area contributed by atoms with Crippen molar-refractivity contribution in [1.29, 1.82) is 0 Å². The summed E-state index contributed by atoms with van der Waals surface area (Å²) < 4.78 is 30.0. The van der Waals surface area contributed by atoms with Gasteiger partial charge in [0.1, 0.15) is 40.1 Å². The first-order chi connectivity index (χ1) is 21.8. The maximum atomic E-state index is 13.8. The number of hydrogen-bond donors (Lipinski definition) is 1. The highest BCUT2D eigenvalue weighted by molar-refractivity contribution is 5.92. The van der Waals surface area contributed by atoms with E-state index in [1.54, 1.807) is 54.9 Å². The second-order valence-corrected chi connectivity index (χ2v) is 13.7. The van der Waals surface area contributed by atoms with E-state index in [4.69, 9.17) is 23.4 Å². The molecule has 3 unspecified atom stereocenters.